The van der Waals surface area contributed by atoms with E-state index in [1.807, 2.05) is 0 Å². The molecule has 0 unspecified atom stereocenters. The van der Waals surface area contributed by atoms with Crippen LogP contribution in [0.15, 0.2) is 12.1 Å². The summed E-state index contributed by atoms with van der Waals surface area (Å²) in [6.07, 6.45) is -3.90. The number of fused-ring (bicyclic) bond motifs is 2. The molecule has 1 aromatic carbocycles. The van der Waals surface area contributed by atoms with Gasteiger partial charge < -0.3 is 5.48 Å². The number of alkyl halides is 3. The maximum absolute atomic E-state index is 12.2. The van der Waals surface area contributed by atoms with Crippen molar-refractivity contribution >= 4 is 11.6 Å². The number of benzene rings is 1. The fourth-order valence-electron chi connectivity index (χ4n) is 1.29. The minimum Gasteiger partial charge on any atom is -0.412 e. The van der Waals surface area contributed by atoms with E-state index in [4.69, 9.17) is 11.6 Å². The molecular weight excluding hydrogens is 205 g/mol. The van der Waals surface area contributed by atoms with Crippen molar-refractivity contribution in [3.63, 3.8) is 0 Å². The summed E-state index contributed by atoms with van der Waals surface area (Å²) in [7, 11) is 0. The number of hydrogen-bond donors (Lipinski definition) is 0. The maximum atomic E-state index is 12.2. The van der Waals surface area contributed by atoms with Crippen LogP contribution in [0.3, 0.4) is 0 Å². The van der Waals surface area contributed by atoms with Crippen molar-refractivity contribution in [1.82, 2.24) is 0 Å². The van der Waals surface area contributed by atoms with Crippen molar-refractivity contribution in [3.05, 3.63) is 33.8 Å². The van der Waals surface area contributed by atoms with Gasteiger partial charge in [0.05, 0.1) is 5.56 Å². The Kier molecular flexibility index (Phi) is 2.30. The Labute approximate surface area is 77.4 Å². The molecule has 0 spiro atoms. The van der Waals surface area contributed by atoms with Crippen LogP contribution in [0.2, 0.25) is 5.02 Å². The Bertz CT molecular complexity index is 346. The average Bonchev–Trinajstić information content (AvgIpc) is 1.81. The lowest BCUT2D eigenvalue weighted by Crippen LogP contribution is -2.15. The van der Waals surface area contributed by atoms with Crippen LogP contribution in [0.25, 0.3) is 0 Å². The van der Waals surface area contributed by atoms with Crippen LogP contribution in [0.1, 0.15) is 16.7 Å². The zero-order chi connectivity index (χ0) is 8.93. The van der Waals surface area contributed by atoms with Gasteiger partial charge in [-0.25, -0.2) is 0 Å². The first-order chi connectivity index (χ1) is 5.48. The molecule has 0 atom stereocenters. The van der Waals surface area contributed by atoms with Crippen LogP contribution in [0.4, 0.5) is 13.2 Å². The Hall–Kier alpha value is -0.740. The highest BCUT2D eigenvalue weighted by Gasteiger charge is 2.36. The Balaban J connectivity index is 0.000000845. The van der Waals surface area contributed by atoms with E-state index in [0.717, 1.165) is 11.6 Å². The lowest BCUT2D eigenvalue weighted by atomic mass is 9.88. The first-order valence-electron chi connectivity index (χ1n) is 3.37. The summed E-state index contributed by atoms with van der Waals surface area (Å²) in [6, 6.07) is 2.49. The van der Waals surface area contributed by atoms with Gasteiger partial charge in [0.1, 0.15) is 0 Å². The summed E-state index contributed by atoms with van der Waals surface area (Å²) in [6.45, 7) is 0. The van der Waals surface area contributed by atoms with Crippen LogP contribution in [0, 0.1) is 0 Å². The number of hydrogen-bond acceptors (Lipinski definition) is 0. The quantitative estimate of drug-likeness (QED) is 0.640. The van der Waals surface area contributed by atoms with Gasteiger partial charge in [0.2, 0.25) is 0 Å². The molecule has 0 amide bonds. The van der Waals surface area contributed by atoms with Gasteiger partial charge in [-0.1, -0.05) is 17.7 Å². The molecule has 2 aliphatic rings. The van der Waals surface area contributed by atoms with Gasteiger partial charge in [0, 0.05) is 5.02 Å². The fourth-order valence-corrected chi connectivity index (χ4v) is 1.52. The normalized spacial score (nSPS) is 13.2. The van der Waals surface area contributed by atoms with E-state index in [9.17, 15) is 13.2 Å². The molecule has 13 heavy (non-hydrogen) atoms. The van der Waals surface area contributed by atoms with E-state index in [2.05, 4.69) is 0 Å². The van der Waals surface area contributed by atoms with Crippen LogP contribution in [-0.2, 0) is 12.6 Å². The van der Waals surface area contributed by atoms with Gasteiger partial charge in [-0.05, 0) is 23.6 Å². The average molecular weight is 211 g/mol. The summed E-state index contributed by atoms with van der Waals surface area (Å²) < 4.78 is 36.6. The van der Waals surface area contributed by atoms with E-state index in [0.29, 0.717) is 12.0 Å². The van der Waals surface area contributed by atoms with Crippen molar-refractivity contribution in [2.75, 3.05) is 0 Å². The molecule has 0 saturated heterocycles. The fraction of sp³-hybridized carbons (Fsp3) is 0.250. The lowest BCUT2D eigenvalue weighted by Gasteiger charge is -2.22. The predicted octanol–water partition coefficient (Wildman–Crippen LogP) is 2.44. The van der Waals surface area contributed by atoms with E-state index in [1.54, 1.807) is 0 Å². The highest BCUT2D eigenvalue weighted by atomic mass is 35.5. The SMILES string of the molecule is FC(F)(F)c1cc(Cl)c2cc1C2.O. The highest BCUT2D eigenvalue weighted by Crippen LogP contribution is 2.41. The molecule has 0 aliphatic heterocycles. The van der Waals surface area contributed by atoms with E-state index in [1.165, 1.54) is 6.07 Å². The van der Waals surface area contributed by atoms with Crippen molar-refractivity contribution in [2.24, 2.45) is 0 Å². The third-order valence-electron chi connectivity index (χ3n) is 1.96. The summed E-state index contributed by atoms with van der Waals surface area (Å²) in [5, 5.41) is 0.220. The van der Waals surface area contributed by atoms with E-state index in [-0.39, 0.29) is 10.5 Å². The first-order valence-corrected chi connectivity index (χ1v) is 3.75. The molecule has 0 aromatic heterocycles. The highest BCUT2D eigenvalue weighted by molar-refractivity contribution is 6.31. The number of halogens is 4. The Morgan fingerprint density at radius 2 is 1.69 bits per heavy atom. The van der Waals surface area contributed by atoms with Gasteiger partial charge in [0.25, 0.3) is 0 Å². The van der Waals surface area contributed by atoms with Crippen molar-refractivity contribution in [1.29, 1.82) is 0 Å². The second kappa shape index (κ2) is 2.89. The summed E-state index contributed by atoms with van der Waals surface area (Å²) in [4.78, 5) is 0. The molecule has 1 aromatic rings. The molecule has 2 aliphatic carbocycles. The van der Waals surface area contributed by atoms with Gasteiger partial charge >= 0.3 is 6.18 Å². The van der Waals surface area contributed by atoms with Crippen LogP contribution < -0.4 is 0 Å². The third-order valence-corrected chi connectivity index (χ3v) is 2.31. The monoisotopic (exact) mass is 210 g/mol. The Morgan fingerprint density at radius 1 is 1.15 bits per heavy atom. The van der Waals surface area contributed by atoms with Crippen molar-refractivity contribution in [2.45, 2.75) is 12.6 Å². The van der Waals surface area contributed by atoms with E-state index >= 15 is 0 Å². The molecular formula is C8H6ClF3O. The minimum atomic E-state index is -4.27. The topological polar surface area (TPSA) is 31.5 Å². The summed E-state index contributed by atoms with van der Waals surface area (Å²) in [5.41, 5.74) is 0.559. The second-order valence-corrected chi connectivity index (χ2v) is 3.18. The Morgan fingerprint density at radius 3 is 2.00 bits per heavy atom. The smallest absolute Gasteiger partial charge is 0.412 e. The van der Waals surface area contributed by atoms with Crippen molar-refractivity contribution < 1.29 is 18.6 Å². The van der Waals surface area contributed by atoms with Crippen LogP contribution in [-0.4, -0.2) is 5.48 Å². The van der Waals surface area contributed by atoms with E-state index < -0.39 is 11.7 Å². The van der Waals surface area contributed by atoms with Gasteiger partial charge in [-0.2, -0.15) is 13.2 Å². The van der Waals surface area contributed by atoms with Crippen LogP contribution >= 0.6 is 11.6 Å². The molecule has 72 valence electrons. The standard InChI is InChI=1S/C8H4ClF3.H2O/c9-7-3-6(8(10,11)12)4-1-5(7)2-4;/h1,3H,2H2;1H2. The molecule has 0 heterocycles. The molecule has 2 bridgehead atoms. The number of rotatable bonds is 0. The molecule has 0 saturated carbocycles. The zero-order valence-electron chi connectivity index (χ0n) is 6.37. The van der Waals surface area contributed by atoms with Gasteiger partial charge in [-0.3, -0.25) is 0 Å². The lowest BCUT2D eigenvalue weighted by molar-refractivity contribution is -0.138. The molecule has 2 N–H and O–H groups in total. The molecule has 0 radical (unpaired) electrons. The summed E-state index contributed by atoms with van der Waals surface area (Å²) in [5.74, 6) is 0. The molecule has 5 heteroatoms. The second-order valence-electron chi connectivity index (χ2n) is 2.78. The first kappa shape index (κ1) is 10.3. The third kappa shape index (κ3) is 1.51. The maximum Gasteiger partial charge on any atom is 0.416 e. The zero-order valence-corrected chi connectivity index (χ0v) is 7.13. The largest absolute Gasteiger partial charge is 0.416 e. The summed E-state index contributed by atoms with van der Waals surface area (Å²) >= 11 is 5.56. The molecule has 3 rings (SSSR count). The minimum absolute atomic E-state index is 0. The molecule has 0 fully saturated rings. The van der Waals surface area contributed by atoms with Gasteiger partial charge in [0.15, 0.2) is 0 Å². The molecule has 1 nitrogen and oxygen atoms in total. The predicted molar refractivity (Wildman–Crippen MR) is 42.9 cm³/mol. The van der Waals surface area contributed by atoms with Crippen LogP contribution in [0.5, 0.6) is 0 Å². The van der Waals surface area contributed by atoms with Gasteiger partial charge in [-0.15, -0.1) is 0 Å². The van der Waals surface area contributed by atoms with Crippen molar-refractivity contribution in [3.8, 4) is 0 Å².